The van der Waals surface area contributed by atoms with E-state index in [1.54, 1.807) is 24.5 Å². The number of nitrogens with one attached hydrogen (secondary N) is 2. The lowest BCUT2D eigenvalue weighted by Gasteiger charge is -2.38. The Labute approximate surface area is 146 Å². The van der Waals surface area contributed by atoms with Gasteiger partial charge in [0, 0.05) is 25.0 Å². The van der Waals surface area contributed by atoms with Crippen LogP contribution in [-0.2, 0) is 13.0 Å². The Morgan fingerprint density at radius 2 is 2.00 bits per heavy atom. The first kappa shape index (κ1) is 17.4. The molecule has 1 aromatic heterocycles. The Morgan fingerprint density at radius 3 is 2.68 bits per heavy atom. The zero-order chi connectivity index (χ0) is 17.6. The predicted molar refractivity (Wildman–Crippen MR) is 92.2 cm³/mol. The van der Waals surface area contributed by atoms with Crippen LogP contribution in [0.2, 0.25) is 0 Å². The molecule has 3 N–H and O–H groups in total. The van der Waals surface area contributed by atoms with Crippen molar-refractivity contribution in [2.24, 2.45) is 5.92 Å². The van der Waals surface area contributed by atoms with E-state index in [0.29, 0.717) is 24.8 Å². The summed E-state index contributed by atoms with van der Waals surface area (Å²) >= 11 is 0. The van der Waals surface area contributed by atoms with Crippen molar-refractivity contribution in [1.82, 2.24) is 15.6 Å². The topological polar surface area (TPSA) is 74.2 Å². The Morgan fingerprint density at radius 1 is 1.24 bits per heavy atom. The van der Waals surface area contributed by atoms with E-state index < -0.39 is 0 Å². The molecule has 1 aliphatic rings. The first-order valence-electron chi connectivity index (χ1n) is 8.46. The number of aromatic nitrogens is 1. The molecule has 1 saturated carbocycles. The fraction of sp³-hybridized carbons (Fsp3) is 0.368. The van der Waals surface area contributed by atoms with Crippen LogP contribution < -0.4 is 10.6 Å². The van der Waals surface area contributed by atoms with Crippen molar-refractivity contribution < 1.29 is 14.3 Å². The Balaban J connectivity index is 1.56. The van der Waals surface area contributed by atoms with Crippen molar-refractivity contribution in [2.75, 3.05) is 0 Å². The number of aliphatic hydroxyl groups excluding tert-OH is 1. The Bertz CT molecular complexity index is 705. The summed E-state index contributed by atoms with van der Waals surface area (Å²) in [6.45, 7) is 0.263. The minimum Gasteiger partial charge on any atom is -0.393 e. The maximum Gasteiger partial charge on any atom is 0.315 e. The number of hydrogen-bond donors (Lipinski definition) is 3. The second-order valence-electron chi connectivity index (χ2n) is 6.51. The van der Waals surface area contributed by atoms with Gasteiger partial charge in [0.2, 0.25) is 0 Å². The van der Waals surface area contributed by atoms with Crippen LogP contribution in [0.1, 0.15) is 24.0 Å². The summed E-state index contributed by atoms with van der Waals surface area (Å²) in [7, 11) is 0. The van der Waals surface area contributed by atoms with E-state index >= 15 is 0 Å². The number of benzene rings is 1. The summed E-state index contributed by atoms with van der Waals surface area (Å²) in [6, 6.07) is 9.66. The number of amides is 2. The molecule has 0 spiro atoms. The molecule has 0 aliphatic heterocycles. The van der Waals surface area contributed by atoms with Crippen LogP contribution in [0.3, 0.4) is 0 Å². The maximum atomic E-state index is 13.2. The average Bonchev–Trinajstić information content (AvgIpc) is 2.58. The Hall–Kier alpha value is -2.47. The van der Waals surface area contributed by atoms with Crippen LogP contribution >= 0.6 is 0 Å². The quantitative estimate of drug-likeness (QED) is 0.754. The van der Waals surface area contributed by atoms with Gasteiger partial charge in [-0.25, -0.2) is 9.18 Å². The van der Waals surface area contributed by atoms with E-state index in [9.17, 15) is 14.3 Å². The highest BCUT2D eigenvalue weighted by atomic mass is 19.1. The van der Waals surface area contributed by atoms with Gasteiger partial charge in [0.1, 0.15) is 5.82 Å². The number of nitrogens with zero attached hydrogens (tertiary/aromatic N) is 1. The van der Waals surface area contributed by atoms with Gasteiger partial charge in [0.15, 0.2) is 0 Å². The highest BCUT2D eigenvalue weighted by molar-refractivity contribution is 5.74. The smallest absolute Gasteiger partial charge is 0.315 e. The van der Waals surface area contributed by atoms with Crippen molar-refractivity contribution >= 4 is 6.03 Å². The van der Waals surface area contributed by atoms with Gasteiger partial charge in [-0.3, -0.25) is 4.98 Å². The normalized spacial score (nSPS) is 20.4. The van der Waals surface area contributed by atoms with E-state index in [-0.39, 0.29) is 36.5 Å². The van der Waals surface area contributed by atoms with Gasteiger partial charge in [0.05, 0.1) is 6.10 Å². The fourth-order valence-electron chi connectivity index (χ4n) is 3.12. The molecule has 1 aromatic carbocycles. The SMILES string of the molecule is O=C(NCc1cccc(F)c1)N[C@@H](Cc1ccncc1)C1CC(O)C1. The van der Waals surface area contributed by atoms with Gasteiger partial charge in [-0.15, -0.1) is 0 Å². The first-order chi connectivity index (χ1) is 12.1. The van der Waals surface area contributed by atoms with Gasteiger partial charge < -0.3 is 15.7 Å². The van der Waals surface area contributed by atoms with Crippen molar-refractivity contribution in [2.45, 2.75) is 38.0 Å². The summed E-state index contributed by atoms with van der Waals surface area (Å²) in [6.07, 6.45) is 5.26. The monoisotopic (exact) mass is 343 g/mol. The number of hydrogen-bond acceptors (Lipinski definition) is 3. The molecule has 1 aliphatic carbocycles. The van der Waals surface area contributed by atoms with E-state index in [0.717, 1.165) is 5.56 Å². The summed E-state index contributed by atoms with van der Waals surface area (Å²) in [5.74, 6) is -0.0678. The number of rotatable bonds is 6. The van der Waals surface area contributed by atoms with Crippen molar-refractivity contribution in [1.29, 1.82) is 0 Å². The molecule has 6 heteroatoms. The van der Waals surface area contributed by atoms with Crippen LogP contribution in [0.5, 0.6) is 0 Å². The lowest BCUT2D eigenvalue weighted by Crippen LogP contribution is -2.50. The van der Waals surface area contributed by atoms with E-state index in [2.05, 4.69) is 15.6 Å². The fourth-order valence-corrected chi connectivity index (χ4v) is 3.12. The van der Waals surface area contributed by atoms with Gasteiger partial charge in [0.25, 0.3) is 0 Å². The maximum absolute atomic E-state index is 13.2. The largest absolute Gasteiger partial charge is 0.393 e. The van der Waals surface area contributed by atoms with E-state index in [4.69, 9.17) is 0 Å². The summed E-state index contributed by atoms with van der Waals surface area (Å²) in [4.78, 5) is 16.2. The minimum absolute atomic E-state index is 0.0571. The third kappa shape index (κ3) is 5.00. The molecular weight excluding hydrogens is 321 g/mol. The second-order valence-corrected chi connectivity index (χ2v) is 6.51. The number of halogens is 1. The minimum atomic E-state index is -0.321. The molecule has 2 amide bonds. The molecule has 1 heterocycles. The summed E-state index contributed by atoms with van der Waals surface area (Å²) < 4.78 is 13.2. The van der Waals surface area contributed by atoms with Crippen LogP contribution in [0.4, 0.5) is 9.18 Å². The molecule has 0 bridgehead atoms. The van der Waals surface area contributed by atoms with Crippen LogP contribution in [0.25, 0.3) is 0 Å². The van der Waals surface area contributed by atoms with Crippen molar-refractivity contribution in [3.05, 3.63) is 65.7 Å². The summed E-state index contributed by atoms with van der Waals surface area (Å²) in [5, 5.41) is 15.3. The van der Waals surface area contributed by atoms with Crippen molar-refractivity contribution in [3.8, 4) is 0 Å². The molecule has 5 nitrogen and oxygen atoms in total. The van der Waals surface area contributed by atoms with Gasteiger partial charge in [-0.2, -0.15) is 0 Å². The highest BCUT2D eigenvalue weighted by Gasteiger charge is 2.34. The van der Waals surface area contributed by atoms with E-state index in [1.807, 2.05) is 12.1 Å². The lowest BCUT2D eigenvalue weighted by molar-refractivity contribution is 0.0263. The third-order valence-electron chi connectivity index (χ3n) is 4.58. The van der Waals surface area contributed by atoms with Crippen LogP contribution in [0, 0.1) is 11.7 Å². The third-order valence-corrected chi connectivity index (χ3v) is 4.58. The van der Waals surface area contributed by atoms with Gasteiger partial charge in [-0.05, 0) is 60.6 Å². The molecule has 0 unspecified atom stereocenters. The predicted octanol–water partition coefficient (Wildman–Crippen LogP) is 2.40. The zero-order valence-corrected chi connectivity index (χ0v) is 13.9. The second kappa shape index (κ2) is 8.07. The first-order valence-corrected chi connectivity index (χ1v) is 8.46. The lowest BCUT2D eigenvalue weighted by atomic mass is 9.75. The van der Waals surface area contributed by atoms with Crippen molar-refractivity contribution in [3.63, 3.8) is 0 Å². The average molecular weight is 343 g/mol. The van der Waals surface area contributed by atoms with Gasteiger partial charge in [-0.1, -0.05) is 12.1 Å². The molecule has 0 saturated heterocycles. The molecule has 2 aromatic rings. The number of urea groups is 1. The molecule has 25 heavy (non-hydrogen) atoms. The van der Waals surface area contributed by atoms with Gasteiger partial charge >= 0.3 is 6.03 Å². The van der Waals surface area contributed by atoms with Crippen LogP contribution in [0.15, 0.2) is 48.8 Å². The molecule has 1 atom stereocenters. The molecule has 3 rings (SSSR count). The standard InChI is InChI=1S/C19H22FN3O2/c20-16-3-1-2-14(8-16)12-22-19(25)23-18(15-10-17(24)11-15)9-13-4-6-21-7-5-13/h1-8,15,17-18,24H,9-12H2,(H2,22,23,25)/t15?,17?,18-/m0/s1. The number of pyridine rings is 1. The number of aliphatic hydroxyl groups is 1. The zero-order valence-electron chi connectivity index (χ0n) is 13.9. The summed E-state index contributed by atoms with van der Waals surface area (Å²) in [5.41, 5.74) is 1.80. The highest BCUT2D eigenvalue weighted by Crippen LogP contribution is 2.31. The Kier molecular flexibility index (Phi) is 5.60. The molecular formula is C19H22FN3O2. The van der Waals surface area contributed by atoms with E-state index in [1.165, 1.54) is 12.1 Å². The molecule has 132 valence electrons. The molecule has 0 radical (unpaired) electrons. The number of carbonyl (C=O) groups excluding carboxylic acids is 1. The van der Waals surface area contributed by atoms with Crippen LogP contribution in [-0.4, -0.2) is 28.3 Å². The molecule has 1 fully saturated rings. The number of carbonyl (C=O) groups is 1.